The molecule has 56 heavy (non-hydrogen) atoms. The zero-order chi connectivity index (χ0) is 40.9. The molecular weight excluding hydrogens is 753 g/mol. The molecule has 0 bridgehead atoms. The molecule has 0 aromatic heterocycles. The fraction of sp³-hybridized carbons (Fsp3) is 0.897. The second-order valence-electron chi connectivity index (χ2n) is 12.8. The van der Waals surface area contributed by atoms with E-state index in [2.05, 4.69) is 24.4 Å². The van der Waals surface area contributed by atoms with Gasteiger partial charge in [-0.15, -0.1) is 0 Å². The topological polar surface area (TPSA) is 185 Å². The molecule has 0 aromatic rings. The van der Waals surface area contributed by atoms with Crippen molar-refractivity contribution in [3.8, 4) is 0 Å². The Bertz CT molecular complexity index is 931. The minimum Gasteiger partial charge on any atom is -0.466 e. The van der Waals surface area contributed by atoms with E-state index < -0.39 is 13.9 Å². The van der Waals surface area contributed by atoms with E-state index in [1.165, 1.54) is 51.4 Å². The monoisotopic (exact) mass is 829 g/mol. The molecule has 1 unspecified atom stereocenters. The van der Waals surface area contributed by atoms with E-state index >= 15 is 0 Å². The van der Waals surface area contributed by atoms with Crippen LogP contribution < -0.4 is 5.32 Å². The highest BCUT2D eigenvalue weighted by atomic mass is 31.2. The molecule has 0 heterocycles. The number of esters is 1. The first kappa shape index (κ1) is 54.3. The van der Waals surface area contributed by atoms with Gasteiger partial charge in [-0.2, -0.15) is 0 Å². The number of methoxy groups -OCH3 is 1. The standard InChI is InChI=1S/C39H76NO15P/c1-3-4-5-6-7-8-9-10-11-12-13-14-15-16-17-19-38(41)52-21-18-22-54-56(43,44)55-23-20-40-39(42)53-37-36-51-35-34-50-33-32-49-31-30-48-29-28-47-27-26-46-25-24-45-2/h10-11H,3-9,12-37H2,1-2H3,(H,40,42)(H,43,44)/b11-10-. The number of unbranched alkanes of at least 4 members (excludes halogenated alkanes) is 11. The van der Waals surface area contributed by atoms with Gasteiger partial charge in [0.05, 0.1) is 106 Å². The highest BCUT2D eigenvalue weighted by Gasteiger charge is 2.20. The van der Waals surface area contributed by atoms with Gasteiger partial charge in [-0.1, -0.05) is 70.4 Å². The van der Waals surface area contributed by atoms with Gasteiger partial charge in [-0.3, -0.25) is 13.8 Å². The summed E-state index contributed by atoms with van der Waals surface area (Å²) in [4.78, 5) is 33.5. The summed E-state index contributed by atoms with van der Waals surface area (Å²) in [5.41, 5.74) is 0. The Hall–Kier alpha value is -1.69. The predicted octanol–water partition coefficient (Wildman–Crippen LogP) is 6.56. The van der Waals surface area contributed by atoms with Crippen LogP contribution in [0.1, 0.15) is 103 Å². The van der Waals surface area contributed by atoms with E-state index in [0.717, 1.165) is 32.1 Å². The lowest BCUT2D eigenvalue weighted by atomic mass is 10.1. The van der Waals surface area contributed by atoms with Crippen molar-refractivity contribution < 1.29 is 70.7 Å². The number of alkyl carbamates (subject to hydrolysis) is 1. The van der Waals surface area contributed by atoms with Crippen LogP contribution in [0.2, 0.25) is 0 Å². The molecule has 0 fully saturated rings. The maximum Gasteiger partial charge on any atom is 0.472 e. The lowest BCUT2D eigenvalue weighted by molar-refractivity contribution is -0.144. The second kappa shape index (κ2) is 44.4. The van der Waals surface area contributed by atoms with E-state index in [1.807, 2.05) is 0 Å². The average Bonchev–Trinajstić information content (AvgIpc) is 3.18. The van der Waals surface area contributed by atoms with Crippen molar-refractivity contribution in [3.05, 3.63) is 12.2 Å². The third kappa shape index (κ3) is 45.0. The number of hydrogen-bond donors (Lipinski definition) is 2. The van der Waals surface area contributed by atoms with Crippen molar-refractivity contribution in [1.82, 2.24) is 5.32 Å². The van der Waals surface area contributed by atoms with E-state index in [0.29, 0.717) is 85.7 Å². The molecule has 0 aliphatic heterocycles. The number of rotatable bonds is 45. The lowest BCUT2D eigenvalue weighted by Crippen LogP contribution is -2.29. The van der Waals surface area contributed by atoms with Crippen LogP contribution in [0.3, 0.4) is 0 Å². The van der Waals surface area contributed by atoms with Crippen LogP contribution in [0, 0.1) is 0 Å². The molecule has 0 rings (SSSR count). The lowest BCUT2D eigenvalue weighted by Gasteiger charge is -2.13. The molecule has 0 aromatic carbocycles. The van der Waals surface area contributed by atoms with Gasteiger partial charge in [0.2, 0.25) is 0 Å². The summed E-state index contributed by atoms with van der Waals surface area (Å²) in [6.07, 6.45) is 20.0. The fourth-order valence-corrected chi connectivity index (χ4v) is 5.53. The van der Waals surface area contributed by atoms with Crippen molar-refractivity contribution >= 4 is 19.9 Å². The first-order valence-electron chi connectivity index (χ1n) is 20.7. The minimum atomic E-state index is -4.31. The third-order valence-corrected chi connectivity index (χ3v) is 8.85. The summed E-state index contributed by atoms with van der Waals surface area (Å²) in [5, 5.41) is 2.40. The molecule has 1 atom stereocenters. The molecule has 0 aliphatic carbocycles. The molecule has 0 aliphatic rings. The summed E-state index contributed by atoms with van der Waals surface area (Å²) in [5.74, 6) is -0.282. The third-order valence-electron chi connectivity index (χ3n) is 7.83. The number of amides is 1. The largest absolute Gasteiger partial charge is 0.472 e. The van der Waals surface area contributed by atoms with Gasteiger partial charge >= 0.3 is 19.9 Å². The van der Waals surface area contributed by atoms with E-state index in [9.17, 15) is 19.0 Å². The Balaban J connectivity index is 3.44. The molecule has 1 amide bonds. The first-order chi connectivity index (χ1) is 27.4. The van der Waals surface area contributed by atoms with E-state index in [-0.39, 0.29) is 52.0 Å². The van der Waals surface area contributed by atoms with Crippen LogP contribution in [0.4, 0.5) is 4.79 Å². The Morgan fingerprint density at radius 3 is 1.48 bits per heavy atom. The Kier molecular flexibility index (Phi) is 43.1. The van der Waals surface area contributed by atoms with Gasteiger partial charge in [0.1, 0.15) is 6.61 Å². The van der Waals surface area contributed by atoms with Crippen molar-refractivity contribution in [2.75, 3.05) is 126 Å². The number of carbonyl (C=O) groups excluding carboxylic acids is 2. The molecule has 0 saturated heterocycles. The zero-order valence-corrected chi connectivity index (χ0v) is 35.5. The molecule has 0 radical (unpaired) electrons. The van der Waals surface area contributed by atoms with Crippen molar-refractivity contribution in [2.24, 2.45) is 0 Å². The number of allylic oxidation sites excluding steroid dienone is 2. The van der Waals surface area contributed by atoms with Gasteiger partial charge < -0.3 is 52.8 Å². The average molecular weight is 830 g/mol. The Morgan fingerprint density at radius 1 is 0.518 bits per heavy atom. The van der Waals surface area contributed by atoms with Crippen LogP contribution in [0.5, 0.6) is 0 Å². The van der Waals surface area contributed by atoms with Crippen molar-refractivity contribution in [3.63, 3.8) is 0 Å². The van der Waals surface area contributed by atoms with Gasteiger partial charge in [-0.25, -0.2) is 9.36 Å². The maximum atomic E-state index is 12.0. The summed E-state index contributed by atoms with van der Waals surface area (Å²) in [7, 11) is -2.68. The van der Waals surface area contributed by atoms with Gasteiger partial charge in [0.25, 0.3) is 0 Å². The number of phosphoric ester groups is 1. The van der Waals surface area contributed by atoms with Gasteiger partial charge in [0.15, 0.2) is 0 Å². The molecule has 17 heteroatoms. The number of phosphoric acid groups is 1. The van der Waals surface area contributed by atoms with E-state index in [4.69, 9.17) is 51.7 Å². The quantitative estimate of drug-likeness (QED) is 0.0291. The van der Waals surface area contributed by atoms with Gasteiger partial charge in [-0.05, 0) is 32.1 Å². The Morgan fingerprint density at radius 2 is 0.964 bits per heavy atom. The number of ether oxygens (including phenoxy) is 9. The summed E-state index contributed by atoms with van der Waals surface area (Å²) >= 11 is 0. The summed E-state index contributed by atoms with van der Waals surface area (Å²) in [6.45, 7) is 7.68. The predicted molar refractivity (Wildman–Crippen MR) is 213 cm³/mol. The normalized spacial score (nSPS) is 12.6. The molecule has 332 valence electrons. The summed E-state index contributed by atoms with van der Waals surface area (Å²) in [6, 6.07) is 0. The molecular formula is C39H76NO15P. The highest BCUT2D eigenvalue weighted by molar-refractivity contribution is 7.47. The van der Waals surface area contributed by atoms with Crippen LogP contribution in [0.25, 0.3) is 0 Å². The number of hydrogen-bond acceptors (Lipinski definition) is 14. The molecule has 0 spiro atoms. The van der Waals surface area contributed by atoms with Crippen LogP contribution in [-0.4, -0.2) is 143 Å². The molecule has 16 nitrogen and oxygen atoms in total. The maximum absolute atomic E-state index is 12.0. The van der Waals surface area contributed by atoms with Crippen molar-refractivity contribution in [2.45, 2.75) is 103 Å². The van der Waals surface area contributed by atoms with E-state index in [1.54, 1.807) is 7.11 Å². The number of carbonyl (C=O) groups is 2. The minimum absolute atomic E-state index is 0.0205. The smallest absolute Gasteiger partial charge is 0.466 e. The Labute approximate surface area is 336 Å². The highest BCUT2D eigenvalue weighted by Crippen LogP contribution is 2.42. The van der Waals surface area contributed by atoms with Crippen molar-refractivity contribution in [1.29, 1.82) is 0 Å². The zero-order valence-electron chi connectivity index (χ0n) is 34.6. The first-order valence-corrected chi connectivity index (χ1v) is 22.2. The molecule has 0 saturated carbocycles. The summed E-state index contributed by atoms with van der Waals surface area (Å²) < 4.78 is 69.0. The van der Waals surface area contributed by atoms with Crippen LogP contribution >= 0.6 is 7.82 Å². The second-order valence-corrected chi connectivity index (χ2v) is 14.2. The van der Waals surface area contributed by atoms with Gasteiger partial charge in [0, 0.05) is 26.5 Å². The fourth-order valence-electron chi connectivity index (χ4n) is 4.78. The SMILES string of the molecule is CCCCCCCC/C=C\CCCCCCCC(=O)OCCCOP(=O)(O)OCCNC(=O)OCCOCCOCCOCCOCCOCCOCCOC. The molecule has 2 N–H and O–H groups in total. The van der Waals surface area contributed by atoms with Crippen LogP contribution in [-0.2, 0) is 61.0 Å². The number of nitrogens with one attached hydrogen (secondary N) is 1. The van der Waals surface area contributed by atoms with Crippen LogP contribution in [0.15, 0.2) is 12.2 Å².